The maximum atomic E-state index is 12.4. The average Bonchev–Trinajstić information content (AvgIpc) is 2.88. The highest BCUT2D eigenvalue weighted by molar-refractivity contribution is 9.08. The number of sulfonamides is 1. The quantitative estimate of drug-likeness (QED) is 0.791. The molecular weight excluding hydrogens is 318 g/mol. The number of rotatable bonds is 4. The lowest BCUT2D eigenvalue weighted by Gasteiger charge is -2.16. The topological polar surface area (TPSA) is 46.6 Å². The molecule has 4 nitrogen and oxygen atoms in total. The summed E-state index contributed by atoms with van der Waals surface area (Å²) in [6.07, 6.45) is 0.775. The molecule has 2 rings (SSSR count). The first-order valence-electron chi connectivity index (χ1n) is 5.76. The van der Waals surface area contributed by atoms with Crippen LogP contribution in [0.5, 0.6) is 0 Å². The first kappa shape index (κ1) is 14.0. The number of hydrogen-bond acceptors (Lipinski definition) is 3. The lowest BCUT2D eigenvalue weighted by Crippen LogP contribution is -2.30. The van der Waals surface area contributed by atoms with Gasteiger partial charge in [-0.25, -0.2) is 8.42 Å². The molecule has 1 aliphatic heterocycles. The van der Waals surface area contributed by atoms with Crippen LogP contribution in [0, 0.1) is 0 Å². The molecule has 1 heterocycles. The van der Waals surface area contributed by atoms with Gasteiger partial charge in [0.05, 0.1) is 11.0 Å². The fourth-order valence-corrected chi connectivity index (χ4v) is 3.87. The van der Waals surface area contributed by atoms with Gasteiger partial charge in [0.25, 0.3) is 0 Å². The van der Waals surface area contributed by atoms with E-state index in [2.05, 4.69) is 15.9 Å². The summed E-state index contributed by atoms with van der Waals surface area (Å²) in [5.74, 6) is 0. The molecule has 0 aliphatic carbocycles. The molecule has 0 bridgehead atoms. The van der Waals surface area contributed by atoms with Gasteiger partial charge in [0, 0.05) is 25.5 Å². The van der Waals surface area contributed by atoms with Crippen molar-refractivity contribution in [2.24, 2.45) is 0 Å². The monoisotopic (exact) mass is 333 g/mol. The van der Waals surface area contributed by atoms with Crippen molar-refractivity contribution in [3.05, 3.63) is 29.8 Å². The normalized spacial score (nSPS) is 21.3. The van der Waals surface area contributed by atoms with Crippen molar-refractivity contribution in [2.75, 3.05) is 20.2 Å². The Morgan fingerprint density at radius 1 is 1.39 bits per heavy atom. The molecule has 18 heavy (non-hydrogen) atoms. The molecule has 1 atom stereocenters. The van der Waals surface area contributed by atoms with Gasteiger partial charge in [0.1, 0.15) is 0 Å². The number of alkyl halides is 1. The number of methoxy groups -OCH3 is 1. The Morgan fingerprint density at radius 3 is 2.56 bits per heavy atom. The fourth-order valence-electron chi connectivity index (χ4n) is 2.01. The zero-order valence-electron chi connectivity index (χ0n) is 10.2. The van der Waals surface area contributed by atoms with Crippen molar-refractivity contribution >= 4 is 26.0 Å². The predicted octanol–water partition coefficient (Wildman–Crippen LogP) is 1.99. The standard InChI is InChI=1S/C12H16BrNO3S/c1-17-11-6-7-14(9-11)18(15,16)12-4-2-10(8-13)3-5-12/h2-5,11H,6-9H2,1H3. The summed E-state index contributed by atoms with van der Waals surface area (Å²) >= 11 is 3.34. The molecule has 1 fully saturated rings. The minimum Gasteiger partial charge on any atom is -0.380 e. The molecule has 1 aliphatic rings. The maximum Gasteiger partial charge on any atom is 0.243 e. The Balaban J connectivity index is 2.20. The second-order valence-electron chi connectivity index (χ2n) is 4.29. The maximum absolute atomic E-state index is 12.4. The van der Waals surface area contributed by atoms with Crippen LogP contribution in [0.4, 0.5) is 0 Å². The summed E-state index contributed by atoms with van der Waals surface area (Å²) in [6.45, 7) is 0.972. The number of benzene rings is 1. The van der Waals surface area contributed by atoms with Crippen LogP contribution >= 0.6 is 15.9 Å². The van der Waals surface area contributed by atoms with Crippen molar-refractivity contribution in [2.45, 2.75) is 22.8 Å². The molecule has 1 saturated heterocycles. The van der Waals surface area contributed by atoms with Gasteiger partial charge < -0.3 is 4.74 Å². The van der Waals surface area contributed by atoms with Gasteiger partial charge in [-0.3, -0.25) is 0 Å². The number of ether oxygens (including phenoxy) is 1. The highest BCUT2D eigenvalue weighted by atomic mass is 79.9. The van der Waals surface area contributed by atoms with Crippen molar-refractivity contribution in [1.82, 2.24) is 4.31 Å². The molecule has 0 amide bonds. The molecular formula is C12H16BrNO3S. The highest BCUT2D eigenvalue weighted by Gasteiger charge is 2.32. The van der Waals surface area contributed by atoms with E-state index in [4.69, 9.17) is 4.74 Å². The van der Waals surface area contributed by atoms with Crippen LogP contribution in [-0.2, 0) is 20.1 Å². The zero-order chi connectivity index (χ0) is 13.2. The molecule has 1 unspecified atom stereocenters. The first-order valence-corrected chi connectivity index (χ1v) is 8.32. The SMILES string of the molecule is COC1CCN(S(=O)(=O)c2ccc(CBr)cc2)C1. The molecule has 1 aromatic rings. The van der Waals surface area contributed by atoms with Crippen LogP contribution < -0.4 is 0 Å². The third-order valence-electron chi connectivity index (χ3n) is 3.16. The van der Waals surface area contributed by atoms with E-state index in [1.54, 1.807) is 19.2 Å². The molecule has 0 N–H and O–H groups in total. The Kier molecular flexibility index (Phi) is 4.42. The summed E-state index contributed by atoms with van der Waals surface area (Å²) in [4.78, 5) is 0.351. The third kappa shape index (κ3) is 2.77. The van der Waals surface area contributed by atoms with Gasteiger partial charge in [-0.05, 0) is 24.1 Å². The number of halogens is 1. The van der Waals surface area contributed by atoms with Crippen LogP contribution in [0.25, 0.3) is 0 Å². The fraction of sp³-hybridized carbons (Fsp3) is 0.500. The first-order chi connectivity index (χ1) is 8.57. The van der Waals surface area contributed by atoms with Gasteiger partial charge in [0.15, 0.2) is 0 Å². The minimum absolute atomic E-state index is 0.0154. The van der Waals surface area contributed by atoms with Crippen molar-refractivity contribution in [3.8, 4) is 0 Å². The summed E-state index contributed by atoms with van der Waals surface area (Å²) in [6, 6.07) is 6.97. The Hall–Kier alpha value is -0.430. The minimum atomic E-state index is -3.37. The van der Waals surface area contributed by atoms with Crippen molar-refractivity contribution < 1.29 is 13.2 Å². The molecule has 1 aromatic carbocycles. The van der Waals surface area contributed by atoms with Crippen LogP contribution in [0.1, 0.15) is 12.0 Å². The van der Waals surface area contributed by atoms with E-state index in [0.29, 0.717) is 18.0 Å². The third-order valence-corrected chi connectivity index (χ3v) is 5.68. The zero-order valence-corrected chi connectivity index (χ0v) is 12.6. The van der Waals surface area contributed by atoms with Gasteiger partial charge in [-0.2, -0.15) is 4.31 Å². The highest BCUT2D eigenvalue weighted by Crippen LogP contribution is 2.22. The van der Waals surface area contributed by atoms with Gasteiger partial charge in [0.2, 0.25) is 10.0 Å². The smallest absolute Gasteiger partial charge is 0.243 e. The van der Waals surface area contributed by atoms with E-state index in [-0.39, 0.29) is 6.10 Å². The van der Waals surface area contributed by atoms with Crippen LogP contribution in [-0.4, -0.2) is 39.0 Å². The van der Waals surface area contributed by atoms with Gasteiger partial charge in [-0.1, -0.05) is 28.1 Å². The molecule has 0 saturated carbocycles. The Labute approximate surface area is 116 Å². The van der Waals surface area contributed by atoms with E-state index >= 15 is 0 Å². The predicted molar refractivity (Wildman–Crippen MR) is 73.2 cm³/mol. The van der Waals surface area contributed by atoms with Crippen molar-refractivity contribution in [1.29, 1.82) is 0 Å². The number of nitrogens with zero attached hydrogens (tertiary/aromatic N) is 1. The number of hydrogen-bond donors (Lipinski definition) is 0. The lowest BCUT2D eigenvalue weighted by molar-refractivity contribution is 0.115. The second kappa shape index (κ2) is 5.69. The van der Waals surface area contributed by atoms with E-state index in [9.17, 15) is 8.42 Å². The molecule has 100 valence electrons. The molecule has 0 aromatic heterocycles. The average molecular weight is 334 g/mol. The second-order valence-corrected chi connectivity index (χ2v) is 6.79. The van der Waals surface area contributed by atoms with Crippen molar-refractivity contribution in [3.63, 3.8) is 0 Å². The van der Waals surface area contributed by atoms with Crippen LogP contribution in [0.2, 0.25) is 0 Å². The van der Waals surface area contributed by atoms with Crippen LogP contribution in [0.15, 0.2) is 29.2 Å². The van der Waals surface area contributed by atoms with E-state index in [1.807, 2.05) is 12.1 Å². The van der Waals surface area contributed by atoms with E-state index in [0.717, 1.165) is 17.3 Å². The summed E-state index contributed by atoms with van der Waals surface area (Å²) in [7, 11) is -1.75. The summed E-state index contributed by atoms with van der Waals surface area (Å²) in [5, 5.41) is 0.725. The van der Waals surface area contributed by atoms with Crippen LogP contribution in [0.3, 0.4) is 0 Å². The summed E-state index contributed by atoms with van der Waals surface area (Å²) in [5.41, 5.74) is 1.06. The molecule has 6 heteroatoms. The molecule has 0 radical (unpaired) electrons. The van der Waals surface area contributed by atoms with E-state index in [1.165, 1.54) is 4.31 Å². The molecule has 0 spiro atoms. The Bertz CT molecular complexity index is 501. The van der Waals surface area contributed by atoms with Gasteiger partial charge >= 0.3 is 0 Å². The summed E-state index contributed by atoms with van der Waals surface area (Å²) < 4.78 is 31.4. The lowest BCUT2D eigenvalue weighted by atomic mass is 10.2. The largest absolute Gasteiger partial charge is 0.380 e. The Morgan fingerprint density at radius 2 is 2.06 bits per heavy atom. The van der Waals surface area contributed by atoms with Gasteiger partial charge in [-0.15, -0.1) is 0 Å². The van der Waals surface area contributed by atoms with E-state index < -0.39 is 10.0 Å².